The fourth-order valence-electron chi connectivity index (χ4n) is 7.75. The number of para-hydroxylation sites is 3. The third-order valence-corrected chi connectivity index (χ3v) is 9.44. The molecule has 3 aliphatic rings. The van der Waals surface area contributed by atoms with Gasteiger partial charge >= 0.3 is 0 Å². The average molecular weight is 564 g/mol. The van der Waals surface area contributed by atoms with Crippen molar-refractivity contribution in [3.05, 3.63) is 127 Å². The van der Waals surface area contributed by atoms with E-state index in [1.165, 1.54) is 16.2 Å². The number of ether oxygens (including phenoxy) is 3. The van der Waals surface area contributed by atoms with Gasteiger partial charge in [-0.2, -0.15) is 0 Å². The quantitative estimate of drug-likeness (QED) is 0.204. The predicted octanol–water partition coefficient (Wildman–Crippen LogP) is 7.56. The lowest BCUT2D eigenvalue weighted by Crippen LogP contribution is -2.59. The molecule has 5 nitrogen and oxygen atoms in total. The molecule has 11 rings (SSSR count). The average Bonchev–Trinajstić information content (AvgIpc) is 3.58. The molecule has 0 spiro atoms. The molecule has 3 aliphatic heterocycles. The Hall–Kier alpha value is -5.88. The van der Waals surface area contributed by atoms with E-state index in [9.17, 15) is 0 Å². The molecule has 0 atom stereocenters. The molecule has 8 aromatic rings. The van der Waals surface area contributed by atoms with Gasteiger partial charge in [0.1, 0.15) is 40.1 Å². The van der Waals surface area contributed by atoms with Crippen LogP contribution in [-0.2, 0) is 0 Å². The van der Waals surface area contributed by atoms with Gasteiger partial charge in [0.2, 0.25) is 0 Å². The fourth-order valence-corrected chi connectivity index (χ4v) is 7.75. The second-order valence-electron chi connectivity index (χ2n) is 11.6. The molecule has 5 heterocycles. The zero-order valence-corrected chi connectivity index (χ0v) is 23.3. The van der Waals surface area contributed by atoms with Crippen LogP contribution in [0.3, 0.4) is 0 Å². The van der Waals surface area contributed by atoms with Crippen molar-refractivity contribution in [2.24, 2.45) is 0 Å². The van der Waals surface area contributed by atoms with Crippen molar-refractivity contribution in [2.45, 2.75) is 0 Å². The first-order valence-corrected chi connectivity index (χ1v) is 14.9. The van der Waals surface area contributed by atoms with Crippen molar-refractivity contribution < 1.29 is 14.2 Å². The van der Waals surface area contributed by atoms with E-state index in [4.69, 9.17) is 14.2 Å². The molecule has 204 valence electrons. The van der Waals surface area contributed by atoms with Crippen LogP contribution in [0.15, 0.2) is 127 Å². The lowest BCUT2D eigenvalue weighted by atomic mass is 9.34. The summed E-state index contributed by atoms with van der Waals surface area (Å²) in [7, 11) is 0. The first kappa shape index (κ1) is 22.7. The number of hydrogen-bond donors (Lipinski definition) is 0. The Morgan fingerprint density at radius 1 is 0.432 bits per heavy atom. The summed E-state index contributed by atoms with van der Waals surface area (Å²) < 4.78 is 24.6. The minimum atomic E-state index is -0.0501. The summed E-state index contributed by atoms with van der Waals surface area (Å²) in [4.78, 5) is 0. The largest absolute Gasteiger partial charge is 0.458 e. The summed E-state index contributed by atoms with van der Waals surface area (Å²) in [5.74, 6) is 4.94. The Kier molecular flexibility index (Phi) is 4.09. The molecule has 6 aromatic carbocycles. The summed E-state index contributed by atoms with van der Waals surface area (Å²) in [6, 6.07) is 44.4. The monoisotopic (exact) mass is 564 g/mol. The van der Waals surface area contributed by atoms with Crippen LogP contribution in [0.4, 0.5) is 0 Å². The van der Waals surface area contributed by atoms with Gasteiger partial charge in [0, 0.05) is 38.2 Å². The first-order chi connectivity index (χ1) is 21.8. The maximum atomic E-state index is 6.93. The third-order valence-electron chi connectivity index (χ3n) is 9.44. The number of hydrogen-bond acceptors (Lipinski definition) is 3. The number of fused-ring (bicyclic) bond motifs is 5. The van der Waals surface area contributed by atoms with Crippen molar-refractivity contribution in [1.82, 2.24) is 9.13 Å². The Bertz CT molecular complexity index is 2510. The highest BCUT2D eigenvalue weighted by Gasteiger charge is 2.47. The minimum absolute atomic E-state index is 0.0501. The summed E-state index contributed by atoms with van der Waals surface area (Å²) in [5, 5.41) is 3.64. The van der Waals surface area contributed by atoms with Gasteiger partial charge in [0.25, 0.3) is 6.71 Å². The van der Waals surface area contributed by atoms with Crippen LogP contribution in [0.5, 0.6) is 34.5 Å². The Labute approximate surface area is 252 Å². The summed E-state index contributed by atoms with van der Waals surface area (Å²) in [6.45, 7) is -0.0501. The lowest BCUT2D eigenvalue weighted by Gasteiger charge is -2.38. The van der Waals surface area contributed by atoms with Gasteiger partial charge in [-0.25, -0.2) is 0 Å². The Morgan fingerprint density at radius 3 is 1.64 bits per heavy atom. The smallest absolute Gasteiger partial charge is 0.270 e. The molecule has 44 heavy (non-hydrogen) atoms. The molecule has 0 bridgehead atoms. The van der Waals surface area contributed by atoms with E-state index < -0.39 is 0 Å². The maximum absolute atomic E-state index is 6.93. The Morgan fingerprint density at radius 2 is 0.977 bits per heavy atom. The molecule has 0 N–H and O–H groups in total. The summed E-state index contributed by atoms with van der Waals surface area (Å²) in [5.41, 5.74) is 8.62. The normalized spacial score (nSPS) is 13.5. The topological polar surface area (TPSA) is 37.5 Å². The molecule has 6 heteroatoms. The molecule has 0 radical (unpaired) electrons. The van der Waals surface area contributed by atoms with Crippen molar-refractivity contribution in [1.29, 1.82) is 0 Å². The van der Waals surface area contributed by atoms with Crippen LogP contribution in [0.25, 0.3) is 44.2 Å². The van der Waals surface area contributed by atoms with Gasteiger partial charge < -0.3 is 14.2 Å². The Balaban J connectivity index is 1.30. The van der Waals surface area contributed by atoms with Gasteiger partial charge in [0.15, 0.2) is 0 Å². The third kappa shape index (κ3) is 2.67. The van der Waals surface area contributed by atoms with E-state index in [1.807, 2.05) is 30.3 Å². The van der Waals surface area contributed by atoms with E-state index in [-0.39, 0.29) is 6.71 Å². The SMILES string of the molecule is c1ccc(-n2c3ccccc3c3c4ccccc4n(-c4ccc5c6c4Oc4cccc7c4B6c4c(cccc4O5)O7)c32)cc1. The van der Waals surface area contributed by atoms with Crippen molar-refractivity contribution in [3.63, 3.8) is 0 Å². The maximum Gasteiger partial charge on any atom is 0.270 e. The van der Waals surface area contributed by atoms with Crippen molar-refractivity contribution in [2.75, 3.05) is 0 Å². The molecule has 0 aliphatic carbocycles. The molecular weight excluding hydrogens is 543 g/mol. The number of nitrogens with zero attached hydrogens (tertiary/aromatic N) is 2. The highest BCUT2D eigenvalue weighted by Crippen LogP contribution is 2.46. The lowest BCUT2D eigenvalue weighted by molar-refractivity contribution is 0.442. The van der Waals surface area contributed by atoms with E-state index in [1.54, 1.807) is 0 Å². The fraction of sp³-hybridized carbons (Fsp3) is 0. The summed E-state index contributed by atoms with van der Waals surface area (Å²) in [6.07, 6.45) is 0. The van der Waals surface area contributed by atoms with Crippen LogP contribution >= 0.6 is 0 Å². The minimum Gasteiger partial charge on any atom is -0.458 e. The van der Waals surface area contributed by atoms with Gasteiger partial charge in [-0.3, -0.25) is 9.13 Å². The number of benzene rings is 6. The van der Waals surface area contributed by atoms with E-state index in [0.29, 0.717) is 0 Å². The van der Waals surface area contributed by atoms with Crippen LogP contribution in [0.1, 0.15) is 0 Å². The molecule has 0 saturated carbocycles. The van der Waals surface area contributed by atoms with Gasteiger partial charge in [0.05, 0.1) is 16.7 Å². The first-order valence-electron chi connectivity index (χ1n) is 14.9. The molecule has 0 amide bonds. The van der Waals surface area contributed by atoms with Crippen LogP contribution in [-0.4, -0.2) is 15.8 Å². The highest BCUT2D eigenvalue weighted by atomic mass is 16.5. The van der Waals surface area contributed by atoms with Gasteiger partial charge in [-0.15, -0.1) is 0 Å². The summed E-state index contributed by atoms with van der Waals surface area (Å²) >= 11 is 0. The van der Waals surface area contributed by atoms with E-state index in [0.717, 1.165) is 78.9 Å². The molecule has 0 fully saturated rings. The molecule has 0 saturated heterocycles. The standard InChI is InChI=1S/C38H21BN2O3/c1-2-10-22(11-3-1)40-25-14-6-4-12-23(25)33-24-13-5-7-15-26(24)41(38(33)40)27-20-21-32-36-37(27)44-31-19-9-18-30-35(31)39(36)34-28(42-30)16-8-17-29(34)43-32/h1-21H. The number of aromatic nitrogens is 2. The molecule has 0 unspecified atom stereocenters. The molecular formula is C38H21BN2O3. The van der Waals surface area contributed by atoms with Crippen LogP contribution in [0, 0.1) is 0 Å². The second kappa shape index (κ2) is 7.94. The number of rotatable bonds is 2. The van der Waals surface area contributed by atoms with Gasteiger partial charge in [-0.1, -0.05) is 66.7 Å². The van der Waals surface area contributed by atoms with Crippen molar-refractivity contribution >= 4 is 55.9 Å². The highest BCUT2D eigenvalue weighted by molar-refractivity contribution is 6.99. The van der Waals surface area contributed by atoms with E-state index >= 15 is 0 Å². The molecule has 2 aromatic heterocycles. The van der Waals surface area contributed by atoms with E-state index in [2.05, 4.69) is 106 Å². The van der Waals surface area contributed by atoms with Gasteiger partial charge in [-0.05, 0) is 60.7 Å². The predicted molar refractivity (Wildman–Crippen MR) is 175 cm³/mol. The second-order valence-corrected chi connectivity index (χ2v) is 11.6. The van der Waals surface area contributed by atoms with Crippen LogP contribution in [0.2, 0.25) is 0 Å². The zero-order valence-electron chi connectivity index (χ0n) is 23.3. The zero-order chi connectivity index (χ0) is 28.5. The van der Waals surface area contributed by atoms with Crippen molar-refractivity contribution in [3.8, 4) is 45.9 Å². The van der Waals surface area contributed by atoms with Crippen LogP contribution < -0.4 is 30.6 Å².